The molecule has 1 N–H and O–H groups in total. The number of anilines is 1. The predicted octanol–water partition coefficient (Wildman–Crippen LogP) is 4.67. The van der Waals surface area contributed by atoms with Gasteiger partial charge in [0.05, 0.1) is 12.1 Å². The minimum absolute atomic E-state index is 0.0268. The van der Waals surface area contributed by atoms with E-state index in [2.05, 4.69) is 34.3 Å². The molecule has 0 unspecified atom stereocenters. The number of nitrogens with one attached hydrogen (secondary N) is 1. The molecule has 0 radical (unpaired) electrons. The van der Waals surface area contributed by atoms with E-state index in [9.17, 15) is 9.18 Å². The van der Waals surface area contributed by atoms with Crippen molar-refractivity contribution in [3.8, 4) is 11.3 Å². The van der Waals surface area contributed by atoms with Gasteiger partial charge in [-0.25, -0.2) is 4.39 Å². The van der Waals surface area contributed by atoms with Crippen LogP contribution in [0.4, 0.5) is 10.1 Å². The third-order valence-corrected chi connectivity index (χ3v) is 6.16. The van der Waals surface area contributed by atoms with E-state index in [1.165, 1.54) is 17.7 Å². The molecule has 4 rings (SSSR count). The largest absolute Gasteiger partial charge is 0.312 e. The molecule has 0 saturated carbocycles. The predicted molar refractivity (Wildman–Crippen MR) is 135 cm³/mol. The average Bonchev–Trinajstić information content (AvgIpc) is 2.81. The van der Waals surface area contributed by atoms with Crippen LogP contribution in [0.25, 0.3) is 11.3 Å². The van der Waals surface area contributed by atoms with Crippen molar-refractivity contribution in [3.63, 3.8) is 0 Å². The molecule has 2 aromatic carbocycles. The Bertz CT molecular complexity index is 1100. The Hall–Kier alpha value is -3.09. The maximum absolute atomic E-state index is 13.5. The number of rotatable bonds is 7. The highest BCUT2D eigenvalue weighted by atomic mass is 19.1. The van der Waals surface area contributed by atoms with Crippen LogP contribution in [-0.2, 0) is 17.8 Å². The number of benzene rings is 2. The molecule has 0 aliphatic carbocycles. The molecule has 1 amide bonds. The van der Waals surface area contributed by atoms with E-state index in [-0.39, 0.29) is 24.2 Å². The van der Waals surface area contributed by atoms with Gasteiger partial charge in [-0.2, -0.15) is 0 Å². The number of hydrogen-bond donors (Lipinski definition) is 1. The molecule has 178 valence electrons. The number of piperazine rings is 1. The fraction of sp³-hybridized carbons (Fsp3) is 0.357. The van der Waals surface area contributed by atoms with Crippen LogP contribution in [0.15, 0.2) is 66.9 Å². The van der Waals surface area contributed by atoms with Crippen LogP contribution >= 0.6 is 0 Å². The molecule has 2 heterocycles. The van der Waals surface area contributed by atoms with Gasteiger partial charge in [-0.15, -0.1) is 0 Å². The lowest BCUT2D eigenvalue weighted by atomic mass is 10.1. The molecule has 34 heavy (non-hydrogen) atoms. The van der Waals surface area contributed by atoms with E-state index in [4.69, 9.17) is 0 Å². The topological polar surface area (TPSA) is 48.5 Å². The molecular formula is C28H33FN4O. The fourth-order valence-corrected chi connectivity index (χ4v) is 4.51. The molecule has 1 fully saturated rings. The van der Waals surface area contributed by atoms with E-state index < -0.39 is 0 Å². The Morgan fingerprint density at radius 1 is 1.15 bits per heavy atom. The molecule has 1 aliphatic rings. The maximum Gasteiger partial charge on any atom is 0.231 e. The summed E-state index contributed by atoms with van der Waals surface area (Å²) in [4.78, 5) is 22.0. The lowest BCUT2D eigenvalue weighted by Gasteiger charge is -2.32. The molecular weight excluding hydrogens is 427 g/mol. The first-order valence-corrected chi connectivity index (χ1v) is 12.0. The number of nitrogens with zero attached hydrogens (tertiary/aromatic N) is 3. The number of halogens is 1. The van der Waals surface area contributed by atoms with Crippen LogP contribution in [0.3, 0.4) is 0 Å². The van der Waals surface area contributed by atoms with Gasteiger partial charge in [0.25, 0.3) is 0 Å². The number of carbonyl (C=O) groups excluding carboxylic acids is 1. The van der Waals surface area contributed by atoms with E-state index in [1.807, 2.05) is 49.1 Å². The lowest BCUT2D eigenvalue weighted by Crippen LogP contribution is -2.48. The van der Waals surface area contributed by atoms with Crippen molar-refractivity contribution in [1.29, 1.82) is 0 Å². The Labute approximate surface area is 201 Å². The first-order chi connectivity index (χ1) is 16.4. The van der Waals surface area contributed by atoms with Gasteiger partial charge in [-0.1, -0.05) is 30.3 Å². The molecule has 0 bridgehead atoms. The van der Waals surface area contributed by atoms with Gasteiger partial charge >= 0.3 is 0 Å². The van der Waals surface area contributed by atoms with Crippen molar-refractivity contribution in [2.24, 2.45) is 0 Å². The van der Waals surface area contributed by atoms with Crippen LogP contribution in [0.2, 0.25) is 0 Å². The summed E-state index contributed by atoms with van der Waals surface area (Å²) in [5, 5.41) is 3.47. The zero-order valence-electron chi connectivity index (χ0n) is 20.2. The normalized spacial score (nSPS) is 16.6. The Balaban J connectivity index is 1.42. The summed E-state index contributed by atoms with van der Waals surface area (Å²) in [6, 6.07) is 19.0. The maximum atomic E-state index is 13.5. The lowest BCUT2D eigenvalue weighted by molar-refractivity contribution is -0.118. The van der Waals surface area contributed by atoms with E-state index >= 15 is 0 Å². The van der Waals surface area contributed by atoms with Gasteiger partial charge in [0.15, 0.2) is 0 Å². The van der Waals surface area contributed by atoms with Gasteiger partial charge in [-0.3, -0.25) is 14.7 Å². The Kier molecular flexibility index (Phi) is 7.70. The summed E-state index contributed by atoms with van der Waals surface area (Å²) in [6.45, 7) is 10.3. The number of hydrogen-bond acceptors (Lipinski definition) is 4. The highest BCUT2D eigenvalue weighted by Crippen LogP contribution is 2.22. The second-order valence-electron chi connectivity index (χ2n) is 9.35. The van der Waals surface area contributed by atoms with Crippen molar-refractivity contribution in [1.82, 2.24) is 15.2 Å². The van der Waals surface area contributed by atoms with Crippen LogP contribution in [0, 0.1) is 5.82 Å². The summed E-state index contributed by atoms with van der Waals surface area (Å²) in [7, 11) is 0. The summed E-state index contributed by atoms with van der Waals surface area (Å²) < 4.78 is 13.5. The molecule has 6 heteroatoms. The quantitative estimate of drug-likeness (QED) is 0.557. The molecule has 3 aromatic rings. The van der Waals surface area contributed by atoms with Crippen LogP contribution in [0.5, 0.6) is 0 Å². The Morgan fingerprint density at radius 3 is 2.56 bits per heavy atom. The van der Waals surface area contributed by atoms with E-state index in [1.54, 1.807) is 12.3 Å². The number of aromatic nitrogens is 1. The standard InChI is InChI=1S/C28H33FN4O/c1-20(2)33(26-10-7-22(8-11-26)19-32-14-13-30-21(3)18-32)28(34)15-23-9-12-27(31-17-23)24-5-4-6-25(29)16-24/h4-12,16-17,20-21,30H,13-15,18-19H2,1-3H3/t21-/m0/s1. The number of carbonyl (C=O) groups is 1. The monoisotopic (exact) mass is 460 g/mol. The molecule has 5 nitrogen and oxygen atoms in total. The van der Waals surface area contributed by atoms with Gasteiger partial charge in [0.2, 0.25) is 5.91 Å². The zero-order chi connectivity index (χ0) is 24.1. The van der Waals surface area contributed by atoms with Crippen molar-refractivity contribution < 1.29 is 9.18 Å². The minimum Gasteiger partial charge on any atom is -0.312 e. The summed E-state index contributed by atoms with van der Waals surface area (Å²) >= 11 is 0. The van der Waals surface area contributed by atoms with E-state index in [0.29, 0.717) is 11.7 Å². The van der Waals surface area contributed by atoms with Crippen LogP contribution in [0.1, 0.15) is 31.9 Å². The highest BCUT2D eigenvalue weighted by molar-refractivity contribution is 5.95. The van der Waals surface area contributed by atoms with Gasteiger partial charge in [0, 0.05) is 55.7 Å². The second-order valence-corrected chi connectivity index (χ2v) is 9.35. The minimum atomic E-state index is -0.292. The third kappa shape index (κ3) is 6.07. The summed E-state index contributed by atoms with van der Waals surface area (Å²) in [6.07, 6.45) is 1.96. The third-order valence-electron chi connectivity index (χ3n) is 6.16. The molecule has 1 saturated heterocycles. The summed E-state index contributed by atoms with van der Waals surface area (Å²) in [5.41, 5.74) is 4.40. The highest BCUT2D eigenvalue weighted by Gasteiger charge is 2.20. The molecule has 1 aliphatic heterocycles. The van der Waals surface area contributed by atoms with Gasteiger partial charge < -0.3 is 10.2 Å². The average molecular weight is 461 g/mol. The van der Waals surface area contributed by atoms with Crippen molar-refractivity contribution in [3.05, 3.63) is 83.8 Å². The summed E-state index contributed by atoms with van der Waals surface area (Å²) in [5.74, 6) is -0.265. The van der Waals surface area contributed by atoms with Crippen molar-refractivity contribution in [2.45, 2.75) is 45.8 Å². The molecule has 0 spiro atoms. The first-order valence-electron chi connectivity index (χ1n) is 12.0. The second kappa shape index (κ2) is 10.9. The zero-order valence-corrected chi connectivity index (χ0v) is 20.2. The number of pyridine rings is 1. The van der Waals surface area contributed by atoms with Crippen LogP contribution in [-0.4, -0.2) is 47.5 Å². The molecule has 1 atom stereocenters. The SMILES string of the molecule is CC(C)N(C(=O)Cc1ccc(-c2cccc(F)c2)nc1)c1ccc(CN2CCN[C@@H](C)C2)cc1. The smallest absolute Gasteiger partial charge is 0.231 e. The van der Waals surface area contributed by atoms with Crippen molar-refractivity contribution in [2.75, 3.05) is 24.5 Å². The first kappa shape index (κ1) is 24.0. The number of amides is 1. The fourth-order valence-electron chi connectivity index (χ4n) is 4.51. The Morgan fingerprint density at radius 2 is 1.91 bits per heavy atom. The van der Waals surface area contributed by atoms with Gasteiger partial charge in [0.1, 0.15) is 5.82 Å². The molecule has 1 aromatic heterocycles. The van der Waals surface area contributed by atoms with Crippen LogP contribution < -0.4 is 10.2 Å². The van der Waals surface area contributed by atoms with Gasteiger partial charge in [-0.05, 0) is 62.2 Å². The van der Waals surface area contributed by atoms with Crippen molar-refractivity contribution >= 4 is 11.6 Å². The van der Waals surface area contributed by atoms with E-state index in [0.717, 1.165) is 43.0 Å².